The molecular weight excluding hydrogens is 551 g/mol. The zero-order valence-corrected chi connectivity index (χ0v) is 21.5. The first-order valence-electron chi connectivity index (χ1n) is 9.07. The summed E-state index contributed by atoms with van der Waals surface area (Å²) in [5, 5.41) is 13.4. The molecule has 26 heavy (non-hydrogen) atoms. The average Bonchev–Trinajstić information content (AvgIpc) is 2.80. The minimum Gasteiger partial charge on any atom is -0.674 e. The molecule has 6 unspecified atom stereocenters. The first-order chi connectivity index (χ1) is 11.5. The van der Waals surface area contributed by atoms with Crippen molar-refractivity contribution in [2.24, 2.45) is 17.8 Å². The van der Waals surface area contributed by atoms with Crippen LogP contribution in [-0.2, 0) is 14.3 Å². The Kier molecular flexibility index (Phi) is 11.2. The van der Waals surface area contributed by atoms with Crippen molar-refractivity contribution in [1.29, 1.82) is 0 Å². The van der Waals surface area contributed by atoms with E-state index < -0.39 is 47.7 Å². The fraction of sp³-hybridized carbons (Fsp3) is 0.889. The van der Waals surface area contributed by atoms with Crippen LogP contribution in [0, 0.1) is 61.8 Å². The molecule has 1 rings (SSSR count). The van der Waals surface area contributed by atoms with Gasteiger partial charge in [0.1, 0.15) is 5.60 Å². The van der Waals surface area contributed by atoms with Gasteiger partial charge in [-0.05, 0) is 40.0 Å². The Labute approximate surface area is 192 Å². The third-order valence-electron chi connectivity index (χ3n) is 4.74. The predicted octanol–water partition coefficient (Wildman–Crippen LogP) is 2.91. The molecule has 0 saturated heterocycles. The number of hydrogen-bond acceptors (Lipinski definition) is 5. The quantitative estimate of drug-likeness (QED) is 0.467. The third kappa shape index (κ3) is 7.26. The van der Waals surface area contributed by atoms with E-state index in [1.54, 1.807) is 27.7 Å². The van der Waals surface area contributed by atoms with Gasteiger partial charge in [0.2, 0.25) is 0 Å². The molecule has 3 N–H and O–H groups in total. The maximum atomic E-state index is 12.1. The molecule has 0 bridgehead atoms. The molecule has 0 heterocycles. The smallest absolute Gasteiger partial charge is 0.407 e. The van der Waals surface area contributed by atoms with Crippen LogP contribution in [0.4, 0.5) is 4.79 Å². The summed E-state index contributed by atoms with van der Waals surface area (Å²) in [6.07, 6.45) is -0.595. The summed E-state index contributed by atoms with van der Waals surface area (Å²) in [6, 6.07) is -1.10. The van der Waals surface area contributed by atoms with Crippen molar-refractivity contribution in [3.05, 3.63) is 5.73 Å². The Morgan fingerprint density at radius 1 is 1.31 bits per heavy atom. The Hall–Kier alpha value is 0.102. The summed E-state index contributed by atoms with van der Waals surface area (Å²) in [5.41, 5.74) is 7.84. The zero-order valence-electron chi connectivity index (χ0n) is 16.7. The molecule has 0 spiro atoms. The molecule has 1 fully saturated rings. The van der Waals surface area contributed by atoms with Gasteiger partial charge in [0.05, 0.1) is 18.6 Å². The number of aliphatic hydroxyl groups is 1. The second-order valence-corrected chi connectivity index (χ2v) is 7.83. The molecule has 0 aromatic heterocycles. The number of ether oxygens (including phenoxy) is 2. The van der Waals surface area contributed by atoms with Crippen LogP contribution in [-0.4, -0.2) is 47.6 Å². The number of aliphatic hydroxyl groups excluding tert-OH is 1. The fourth-order valence-corrected chi connectivity index (χ4v) is 3.27. The molecule has 0 aromatic carbocycles. The summed E-state index contributed by atoms with van der Waals surface area (Å²) >= 11 is 0. The van der Waals surface area contributed by atoms with Gasteiger partial charge >= 0.3 is 12.1 Å². The van der Waals surface area contributed by atoms with Gasteiger partial charge in [-0.3, -0.25) is 4.79 Å². The van der Waals surface area contributed by atoms with Gasteiger partial charge in [-0.1, -0.05) is 26.2 Å². The van der Waals surface area contributed by atoms with Gasteiger partial charge in [-0.15, -0.1) is 6.04 Å². The first-order valence-corrected chi connectivity index (χ1v) is 9.07. The number of carbonyl (C=O) groups is 2. The Bertz CT molecular complexity index is 469. The van der Waals surface area contributed by atoms with E-state index in [0.29, 0.717) is 0 Å². The van der Waals surface area contributed by atoms with E-state index in [2.05, 4.69) is 5.32 Å². The Balaban J connectivity index is 0.00000625. The Morgan fingerprint density at radius 2 is 1.88 bits per heavy atom. The van der Waals surface area contributed by atoms with Gasteiger partial charge in [0.15, 0.2) is 0 Å². The van der Waals surface area contributed by atoms with Crippen LogP contribution in [0.5, 0.6) is 0 Å². The molecule has 149 valence electrons. The molecule has 1 saturated carbocycles. The molecule has 1 radical (unpaired) electrons. The molecular formula is C18H33AcN2O5-. The van der Waals surface area contributed by atoms with Crippen molar-refractivity contribution < 1.29 is 68.2 Å². The number of amides is 1. The molecule has 0 aliphatic heterocycles. The van der Waals surface area contributed by atoms with E-state index in [-0.39, 0.29) is 63.0 Å². The normalized spacial score (nSPS) is 27.8. The summed E-state index contributed by atoms with van der Waals surface area (Å²) in [6.45, 7) is 11.1. The van der Waals surface area contributed by atoms with Crippen LogP contribution in [0.2, 0.25) is 0 Å². The van der Waals surface area contributed by atoms with Gasteiger partial charge in [-0.25, -0.2) is 4.79 Å². The van der Waals surface area contributed by atoms with Crippen molar-refractivity contribution in [3.8, 4) is 0 Å². The molecule has 8 heteroatoms. The van der Waals surface area contributed by atoms with Gasteiger partial charge in [0, 0.05) is 50.1 Å². The molecule has 0 aromatic rings. The van der Waals surface area contributed by atoms with Gasteiger partial charge < -0.3 is 25.6 Å². The Morgan fingerprint density at radius 3 is 2.35 bits per heavy atom. The van der Waals surface area contributed by atoms with Crippen LogP contribution in [0.25, 0.3) is 5.73 Å². The summed E-state index contributed by atoms with van der Waals surface area (Å²) < 4.78 is 10.3. The second-order valence-electron chi connectivity index (χ2n) is 7.83. The second kappa shape index (κ2) is 11.2. The topological polar surface area (TPSA) is 109 Å². The molecule has 6 atom stereocenters. The molecule has 1 aliphatic carbocycles. The number of nitrogens with one attached hydrogen (secondary N) is 2. The standard InChI is InChI=1S/C18H33N2O5.Ac/c1-7-10(3)14(19)13-12(20-17(23)25-18(4,5)6)9-11(15(13)21)16(22)24-8-2;/h10-15,19,21H,7-9H2,1-6H3,(H,20,23);/q-1;. The number of hydrogen-bond donors (Lipinski definition) is 2. The number of esters is 1. The van der Waals surface area contributed by atoms with Crippen LogP contribution < -0.4 is 5.32 Å². The minimum absolute atomic E-state index is 0. The zero-order chi connectivity index (χ0) is 19.4. The third-order valence-corrected chi connectivity index (χ3v) is 4.74. The largest absolute Gasteiger partial charge is 0.674 e. The van der Waals surface area contributed by atoms with Crippen molar-refractivity contribution in [2.75, 3.05) is 6.61 Å². The van der Waals surface area contributed by atoms with Crippen LogP contribution in [0.1, 0.15) is 54.4 Å². The van der Waals surface area contributed by atoms with E-state index in [9.17, 15) is 14.7 Å². The van der Waals surface area contributed by atoms with Crippen molar-refractivity contribution in [3.63, 3.8) is 0 Å². The first kappa shape index (κ1) is 26.1. The van der Waals surface area contributed by atoms with Gasteiger partial charge in [-0.2, -0.15) is 0 Å². The summed E-state index contributed by atoms with van der Waals surface area (Å²) in [5.74, 6) is -1.73. The van der Waals surface area contributed by atoms with Crippen LogP contribution in [0.3, 0.4) is 0 Å². The number of carbonyl (C=O) groups excluding carboxylic acids is 2. The maximum Gasteiger partial charge on any atom is 0.407 e. The molecule has 1 amide bonds. The minimum atomic E-state index is -1.02. The number of rotatable bonds is 6. The van der Waals surface area contributed by atoms with E-state index in [1.807, 2.05) is 13.8 Å². The predicted molar refractivity (Wildman–Crippen MR) is 95.0 cm³/mol. The van der Waals surface area contributed by atoms with E-state index in [1.165, 1.54) is 0 Å². The van der Waals surface area contributed by atoms with Crippen molar-refractivity contribution in [1.82, 2.24) is 5.32 Å². The monoisotopic (exact) mass is 584 g/mol. The van der Waals surface area contributed by atoms with E-state index in [0.717, 1.165) is 6.42 Å². The van der Waals surface area contributed by atoms with Crippen LogP contribution >= 0.6 is 0 Å². The average molecular weight is 584 g/mol. The number of alkyl carbamates (subject to hydrolysis) is 1. The van der Waals surface area contributed by atoms with E-state index >= 15 is 0 Å². The van der Waals surface area contributed by atoms with Crippen LogP contribution in [0.15, 0.2) is 0 Å². The SMILES string of the molecule is CCOC(=O)C1CC(NC(=O)OC(C)(C)C)C(C([NH-])C(C)CC)C1O.[Ac]. The van der Waals surface area contributed by atoms with Crippen molar-refractivity contribution in [2.45, 2.75) is 78.2 Å². The summed E-state index contributed by atoms with van der Waals surface area (Å²) in [7, 11) is 0. The fourth-order valence-electron chi connectivity index (χ4n) is 3.27. The molecule has 7 nitrogen and oxygen atoms in total. The maximum absolute atomic E-state index is 12.1. The van der Waals surface area contributed by atoms with E-state index in [4.69, 9.17) is 15.2 Å². The van der Waals surface area contributed by atoms with Crippen molar-refractivity contribution >= 4 is 12.1 Å². The molecule has 1 aliphatic rings. The summed E-state index contributed by atoms with van der Waals surface area (Å²) in [4.78, 5) is 24.3. The van der Waals surface area contributed by atoms with Gasteiger partial charge in [0.25, 0.3) is 0 Å².